The zero-order chi connectivity index (χ0) is 14.2. The first-order chi connectivity index (χ1) is 10.3. The van der Waals surface area contributed by atoms with E-state index in [-0.39, 0.29) is 0 Å². The molecule has 0 saturated carbocycles. The van der Waals surface area contributed by atoms with E-state index in [2.05, 4.69) is 31.2 Å². The highest BCUT2D eigenvalue weighted by Gasteiger charge is 2.11. The van der Waals surface area contributed by atoms with Crippen molar-refractivity contribution in [3.8, 4) is 0 Å². The lowest BCUT2D eigenvalue weighted by molar-refractivity contribution is 0.833. The molecule has 0 saturated heterocycles. The normalized spacial score (nSPS) is 11.4. The number of aromatic nitrogens is 6. The van der Waals surface area contributed by atoms with Crippen LogP contribution in [-0.2, 0) is 12.8 Å². The molecule has 4 rings (SSSR count). The number of benzene rings is 1. The van der Waals surface area contributed by atoms with Crippen molar-refractivity contribution in [2.75, 3.05) is 5.73 Å². The molecular weight excluding hydrogens is 266 g/mol. The summed E-state index contributed by atoms with van der Waals surface area (Å²) in [5.74, 6) is 0.872. The smallest absolute Gasteiger partial charge is 0.189 e. The number of fused-ring (bicyclic) bond motifs is 3. The van der Waals surface area contributed by atoms with E-state index in [1.165, 1.54) is 5.56 Å². The van der Waals surface area contributed by atoms with Gasteiger partial charge in [0.25, 0.3) is 0 Å². The molecule has 3 aromatic heterocycles. The average molecular weight is 279 g/mol. The molecule has 0 spiro atoms. The maximum atomic E-state index is 5.79. The minimum Gasteiger partial charge on any atom is -0.399 e. The lowest BCUT2D eigenvalue weighted by atomic mass is 10.1. The molecule has 0 bridgehead atoms. The van der Waals surface area contributed by atoms with Crippen LogP contribution < -0.4 is 5.73 Å². The Balaban J connectivity index is 1.67. The second kappa shape index (κ2) is 4.55. The van der Waals surface area contributed by atoms with E-state index in [1.807, 2.05) is 22.6 Å². The second-order valence-corrected chi connectivity index (χ2v) is 4.90. The van der Waals surface area contributed by atoms with Gasteiger partial charge in [0.1, 0.15) is 17.7 Å². The van der Waals surface area contributed by atoms with E-state index in [1.54, 1.807) is 12.7 Å². The summed E-state index contributed by atoms with van der Waals surface area (Å²) in [5.41, 5.74) is 9.96. The summed E-state index contributed by atoms with van der Waals surface area (Å²) in [4.78, 5) is 11.5. The van der Waals surface area contributed by atoms with Crippen LogP contribution in [0.15, 0.2) is 36.9 Å². The zero-order valence-corrected chi connectivity index (χ0v) is 11.2. The van der Waals surface area contributed by atoms with Gasteiger partial charge >= 0.3 is 0 Å². The number of anilines is 1. The number of hydrogen-bond donors (Lipinski definition) is 2. The number of nitrogens with zero attached hydrogens (tertiary/aromatic N) is 5. The summed E-state index contributed by atoms with van der Waals surface area (Å²) in [6, 6.07) is 7.89. The standard InChI is InChI=1S/C14H13N7/c15-10-3-1-2-9(6-10)4-5-11-19-20-14-12-13(17-7-16-12)18-8-21(11)14/h1-3,6-8H,4-5,15H2,(H,16,17). The lowest BCUT2D eigenvalue weighted by Crippen LogP contribution is -1.99. The predicted molar refractivity (Wildman–Crippen MR) is 78.7 cm³/mol. The SMILES string of the molecule is Nc1cccc(CCc2nnc3c4[nH]cnc4ncn23)c1. The molecule has 7 nitrogen and oxygen atoms in total. The van der Waals surface area contributed by atoms with Gasteiger partial charge in [-0.25, -0.2) is 9.97 Å². The number of aromatic amines is 1. The molecule has 0 amide bonds. The van der Waals surface area contributed by atoms with Crippen LogP contribution >= 0.6 is 0 Å². The molecule has 3 N–H and O–H groups in total. The van der Waals surface area contributed by atoms with Gasteiger partial charge in [-0.1, -0.05) is 12.1 Å². The lowest BCUT2D eigenvalue weighted by Gasteiger charge is -2.02. The van der Waals surface area contributed by atoms with Crippen molar-refractivity contribution in [3.05, 3.63) is 48.3 Å². The maximum absolute atomic E-state index is 5.79. The zero-order valence-electron chi connectivity index (χ0n) is 11.2. The largest absolute Gasteiger partial charge is 0.399 e. The van der Waals surface area contributed by atoms with E-state index in [0.29, 0.717) is 5.65 Å². The summed E-state index contributed by atoms with van der Waals surface area (Å²) >= 11 is 0. The first-order valence-corrected chi connectivity index (χ1v) is 6.67. The van der Waals surface area contributed by atoms with Gasteiger partial charge in [-0.15, -0.1) is 10.2 Å². The van der Waals surface area contributed by atoms with Crippen molar-refractivity contribution in [1.29, 1.82) is 0 Å². The second-order valence-electron chi connectivity index (χ2n) is 4.90. The van der Waals surface area contributed by atoms with Gasteiger partial charge in [0, 0.05) is 12.1 Å². The number of nitrogen functional groups attached to an aromatic ring is 1. The van der Waals surface area contributed by atoms with E-state index >= 15 is 0 Å². The molecule has 0 fully saturated rings. The third-order valence-electron chi connectivity index (χ3n) is 3.49. The Kier molecular flexibility index (Phi) is 2.56. The summed E-state index contributed by atoms with van der Waals surface area (Å²) in [6.07, 6.45) is 4.95. The number of imidazole rings is 1. The van der Waals surface area contributed by atoms with Gasteiger partial charge in [0.2, 0.25) is 0 Å². The van der Waals surface area contributed by atoms with E-state index in [0.717, 1.165) is 35.5 Å². The van der Waals surface area contributed by atoms with Crippen LogP contribution in [0.2, 0.25) is 0 Å². The molecule has 7 heteroatoms. The monoisotopic (exact) mass is 279 g/mol. The maximum Gasteiger partial charge on any atom is 0.189 e. The molecule has 0 aliphatic heterocycles. The molecule has 0 unspecified atom stereocenters. The molecule has 0 atom stereocenters. The Bertz CT molecular complexity index is 921. The topological polar surface area (TPSA) is 97.8 Å². The minimum atomic E-state index is 0.650. The fourth-order valence-corrected chi connectivity index (χ4v) is 2.45. The highest BCUT2D eigenvalue weighted by atomic mass is 15.3. The molecule has 0 aliphatic carbocycles. The molecular formula is C14H13N7. The van der Waals surface area contributed by atoms with Crippen LogP contribution in [0, 0.1) is 0 Å². The molecule has 4 aromatic rings. The van der Waals surface area contributed by atoms with E-state index in [4.69, 9.17) is 5.73 Å². The van der Waals surface area contributed by atoms with Crippen molar-refractivity contribution in [2.24, 2.45) is 0 Å². The number of nitrogens with two attached hydrogens (primary N) is 1. The van der Waals surface area contributed by atoms with Gasteiger partial charge < -0.3 is 10.7 Å². The molecule has 1 aromatic carbocycles. The van der Waals surface area contributed by atoms with Gasteiger partial charge in [-0.05, 0) is 24.1 Å². The van der Waals surface area contributed by atoms with Gasteiger partial charge in [0.05, 0.1) is 6.33 Å². The Hall–Kier alpha value is -2.96. The van der Waals surface area contributed by atoms with E-state index in [9.17, 15) is 0 Å². The molecule has 21 heavy (non-hydrogen) atoms. The van der Waals surface area contributed by atoms with Crippen molar-refractivity contribution in [3.63, 3.8) is 0 Å². The Labute approximate surface area is 119 Å². The Morgan fingerprint density at radius 1 is 1.14 bits per heavy atom. The van der Waals surface area contributed by atoms with Crippen LogP contribution in [0.25, 0.3) is 16.8 Å². The number of nitrogens with one attached hydrogen (secondary N) is 1. The fraction of sp³-hybridized carbons (Fsp3) is 0.143. The van der Waals surface area contributed by atoms with Crippen molar-refractivity contribution in [1.82, 2.24) is 29.5 Å². The summed E-state index contributed by atoms with van der Waals surface area (Å²) in [6.45, 7) is 0. The van der Waals surface area contributed by atoms with Crippen molar-refractivity contribution >= 4 is 22.5 Å². The first-order valence-electron chi connectivity index (χ1n) is 6.67. The summed E-state index contributed by atoms with van der Waals surface area (Å²) in [7, 11) is 0. The van der Waals surface area contributed by atoms with Crippen LogP contribution in [0.4, 0.5) is 5.69 Å². The Morgan fingerprint density at radius 3 is 3.00 bits per heavy atom. The van der Waals surface area contributed by atoms with Crippen molar-refractivity contribution in [2.45, 2.75) is 12.8 Å². The summed E-state index contributed by atoms with van der Waals surface area (Å²) in [5, 5.41) is 8.48. The summed E-state index contributed by atoms with van der Waals surface area (Å²) < 4.78 is 1.90. The third kappa shape index (κ3) is 1.99. The van der Waals surface area contributed by atoms with E-state index < -0.39 is 0 Å². The highest BCUT2D eigenvalue weighted by molar-refractivity contribution is 5.84. The first kappa shape index (κ1) is 11.8. The van der Waals surface area contributed by atoms with Crippen LogP contribution in [0.1, 0.15) is 11.4 Å². The molecule has 104 valence electrons. The van der Waals surface area contributed by atoms with Crippen molar-refractivity contribution < 1.29 is 0 Å². The average Bonchev–Trinajstić information content (AvgIpc) is 3.11. The van der Waals surface area contributed by atoms with Crippen LogP contribution in [0.5, 0.6) is 0 Å². The quantitative estimate of drug-likeness (QED) is 0.552. The number of rotatable bonds is 3. The molecule has 0 aliphatic rings. The highest BCUT2D eigenvalue weighted by Crippen LogP contribution is 2.15. The van der Waals surface area contributed by atoms with Gasteiger partial charge in [0.15, 0.2) is 11.3 Å². The van der Waals surface area contributed by atoms with Gasteiger partial charge in [-0.3, -0.25) is 4.40 Å². The van der Waals surface area contributed by atoms with Crippen LogP contribution in [-0.4, -0.2) is 29.5 Å². The predicted octanol–water partition coefficient (Wildman–Crippen LogP) is 1.37. The molecule has 3 heterocycles. The number of H-pyrrole nitrogens is 1. The van der Waals surface area contributed by atoms with Crippen LogP contribution in [0.3, 0.4) is 0 Å². The Morgan fingerprint density at radius 2 is 2.10 bits per heavy atom. The number of aryl methyl sites for hydroxylation is 2. The molecule has 0 radical (unpaired) electrons. The van der Waals surface area contributed by atoms with Gasteiger partial charge in [-0.2, -0.15) is 0 Å². The number of hydrogen-bond acceptors (Lipinski definition) is 5. The minimum absolute atomic E-state index is 0.650. The third-order valence-corrected chi connectivity index (χ3v) is 3.49. The fourth-order valence-electron chi connectivity index (χ4n) is 2.45.